The molecule has 1 unspecified atom stereocenters. The van der Waals surface area contributed by atoms with Gasteiger partial charge in [0.15, 0.2) is 0 Å². The summed E-state index contributed by atoms with van der Waals surface area (Å²) in [5, 5.41) is 3.56. The Morgan fingerprint density at radius 1 is 1.38 bits per heavy atom. The number of carbonyl (C=O) groups excluding carboxylic acids is 1. The van der Waals surface area contributed by atoms with Crippen molar-refractivity contribution in [2.75, 3.05) is 18.4 Å². The number of nitrogens with one attached hydrogen (secondary N) is 1. The molecule has 1 amide bonds. The Morgan fingerprint density at radius 3 is 2.67 bits per heavy atom. The van der Waals surface area contributed by atoms with Gasteiger partial charge < -0.3 is 10.2 Å². The van der Waals surface area contributed by atoms with Crippen molar-refractivity contribution in [2.24, 2.45) is 5.92 Å². The maximum atomic E-state index is 12.3. The molecule has 1 fully saturated rings. The Labute approximate surface area is 127 Å². The molecule has 4 heteroatoms. The highest BCUT2D eigenvalue weighted by Crippen LogP contribution is 2.34. The van der Waals surface area contributed by atoms with E-state index in [1.54, 1.807) is 11.1 Å². The average Bonchev–Trinajstić information content (AvgIpc) is 3.32. The first-order chi connectivity index (χ1) is 10.2. The smallest absolute Gasteiger partial charge is 0.272 e. The van der Waals surface area contributed by atoms with E-state index < -0.39 is 0 Å². The topological polar surface area (TPSA) is 45.2 Å². The summed E-state index contributed by atoms with van der Waals surface area (Å²) >= 11 is 0. The van der Waals surface area contributed by atoms with Crippen molar-refractivity contribution in [1.82, 2.24) is 9.88 Å². The fraction of sp³-hybridized carbons (Fsp3) is 0.647. The van der Waals surface area contributed by atoms with Crippen molar-refractivity contribution in [3.8, 4) is 0 Å². The Morgan fingerprint density at radius 2 is 2.10 bits per heavy atom. The van der Waals surface area contributed by atoms with E-state index in [1.165, 1.54) is 19.3 Å². The molecule has 116 valence electrons. The van der Waals surface area contributed by atoms with Gasteiger partial charge in [-0.05, 0) is 44.7 Å². The van der Waals surface area contributed by atoms with E-state index in [4.69, 9.17) is 0 Å². The quantitative estimate of drug-likeness (QED) is 0.796. The SMILES string of the molecule is CCC(CC1CC1)Nc1ccnc(C(=O)N(CC)CC)c1. The zero-order valence-corrected chi connectivity index (χ0v) is 13.4. The van der Waals surface area contributed by atoms with E-state index in [2.05, 4.69) is 17.2 Å². The Balaban J connectivity index is 2.03. The molecule has 1 saturated carbocycles. The second-order valence-corrected chi connectivity index (χ2v) is 5.84. The normalized spacial score (nSPS) is 15.6. The van der Waals surface area contributed by atoms with Crippen molar-refractivity contribution in [2.45, 2.75) is 52.5 Å². The molecule has 0 aromatic carbocycles. The van der Waals surface area contributed by atoms with Gasteiger partial charge >= 0.3 is 0 Å². The highest BCUT2D eigenvalue weighted by atomic mass is 16.2. The number of carbonyl (C=O) groups is 1. The van der Waals surface area contributed by atoms with Gasteiger partial charge in [0.1, 0.15) is 5.69 Å². The van der Waals surface area contributed by atoms with Crippen LogP contribution < -0.4 is 5.32 Å². The summed E-state index contributed by atoms with van der Waals surface area (Å²) < 4.78 is 0. The number of hydrogen-bond acceptors (Lipinski definition) is 3. The standard InChI is InChI=1S/C17H27N3O/c1-4-14(11-13-7-8-13)19-15-9-10-18-16(12-15)17(21)20(5-2)6-3/h9-10,12-14H,4-8,11H2,1-3H3,(H,18,19). The molecule has 1 aromatic heterocycles. The number of anilines is 1. The monoisotopic (exact) mass is 289 g/mol. The summed E-state index contributed by atoms with van der Waals surface area (Å²) in [6.07, 6.45) is 6.82. The number of aromatic nitrogens is 1. The zero-order chi connectivity index (χ0) is 15.2. The van der Waals surface area contributed by atoms with Gasteiger partial charge in [-0.3, -0.25) is 9.78 Å². The van der Waals surface area contributed by atoms with Gasteiger partial charge in [-0.15, -0.1) is 0 Å². The first-order valence-electron chi connectivity index (χ1n) is 8.19. The second kappa shape index (κ2) is 7.43. The van der Waals surface area contributed by atoms with Crippen molar-refractivity contribution in [3.05, 3.63) is 24.0 Å². The van der Waals surface area contributed by atoms with Gasteiger partial charge in [-0.25, -0.2) is 0 Å². The van der Waals surface area contributed by atoms with Crippen LogP contribution in [0.3, 0.4) is 0 Å². The predicted octanol–water partition coefficient (Wildman–Crippen LogP) is 3.55. The summed E-state index contributed by atoms with van der Waals surface area (Å²) in [5.74, 6) is 0.917. The van der Waals surface area contributed by atoms with Crippen molar-refractivity contribution >= 4 is 11.6 Å². The van der Waals surface area contributed by atoms with Crippen LogP contribution in [0.5, 0.6) is 0 Å². The largest absolute Gasteiger partial charge is 0.382 e. The summed E-state index contributed by atoms with van der Waals surface area (Å²) in [7, 11) is 0. The van der Waals surface area contributed by atoms with Crippen molar-refractivity contribution in [1.29, 1.82) is 0 Å². The number of hydrogen-bond donors (Lipinski definition) is 1. The minimum absolute atomic E-state index is 0.0129. The zero-order valence-electron chi connectivity index (χ0n) is 13.4. The van der Waals surface area contributed by atoms with Crippen LogP contribution in [-0.4, -0.2) is 34.9 Å². The maximum absolute atomic E-state index is 12.3. The molecule has 0 spiro atoms. The van der Waals surface area contributed by atoms with E-state index in [0.717, 1.165) is 18.0 Å². The first-order valence-corrected chi connectivity index (χ1v) is 8.19. The fourth-order valence-corrected chi connectivity index (χ4v) is 2.63. The minimum atomic E-state index is 0.0129. The van der Waals surface area contributed by atoms with Crippen LogP contribution in [0, 0.1) is 5.92 Å². The molecule has 1 atom stereocenters. The molecule has 0 aliphatic heterocycles. The summed E-state index contributed by atoms with van der Waals surface area (Å²) in [4.78, 5) is 18.4. The molecule has 0 saturated heterocycles. The molecule has 1 N–H and O–H groups in total. The fourth-order valence-electron chi connectivity index (χ4n) is 2.63. The number of nitrogens with zero attached hydrogens (tertiary/aromatic N) is 2. The highest BCUT2D eigenvalue weighted by molar-refractivity contribution is 5.93. The molecule has 1 aliphatic rings. The Bertz CT molecular complexity index is 467. The minimum Gasteiger partial charge on any atom is -0.382 e. The molecule has 1 aliphatic carbocycles. The van der Waals surface area contributed by atoms with Gasteiger partial charge in [0.25, 0.3) is 5.91 Å². The van der Waals surface area contributed by atoms with E-state index in [-0.39, 0.29) is 5.91 Å². The Hall–Kier alpha value is -1.58. The third kappa shape index (κ3) is 4.45. The molecule has 2 rings (SSSR count). The lowest BCUT2D eigenvalue weighted by atomic mass is 10.1. The van der Waals surface area contributed by atoms with Crippen LogP contribution in [0.1, 0.15) is 56.9 Å². The summed E-state index contributed by atoms with van der Waals surface area (Å²) in [5.41, 5.74) is 1.54. The van der Waals surface area contributed by atoms with Crippen molar-refractivity contribution in [3.63, 3.8) is 0 Å². The lowest BCUT2D eigenvalue weighted by Gasteiger charge is -2.20. The van der Waals surface area contributed by atoms with E-state index in [1.807, 2.05) is 26.0 Å². The maximum Gasteiger partial charge on any atom is 0.272 e. The number of amides is 1. The molecular weight excluding hydrogens is 262 g/mol. The molecule has 21 heavy (non-hydrogen) atoms. The van der Waals surface area contributed by atoms with Crippen LogP contribution in [-0.2, 0) is 0 Å². The van der Waals surface area contributed by atoms with Crippen molar-refractivity contribution < 1.29 is 4.79 Å². The molecule has 1 aromatic rings. The molecule has 4 nitrogen and oxygen atoms in total. The van der Waals surface area contributed by atoms with Gasteiger partial charge in [0, 0.05) is 31.0 Å². The summed E-state index contributed by atoms with van der Waals surface area (Å²) in [6.45, 7) is 7.63. The van der Waals surface area contributed by atoms with Crippen LogP contribution in [0.15, 0.2) is 18.3 Å². The van der Waals surface area contributed by atoms with Gasteiger partial charge in [0.2, 0.25) is 0 Å². The first kappa shape index (κ1) is 15.8. The molecule has 1 heterocycles. The third-order valence-electron chi connectivity index (χ3n) is 4.21. The van der Waals surface area contributed by atoms with Gasteiger partial charge in [-0.2, -0.15) is 0 Å². The van der Waals surface area contributed by atoms with E-state index in [0.29, 0.717) is 24.8 Å². The van der Waals surface area contributed by atoms with Gasteiger partial charge in [0.05, 0.1) is 0 Å². The molecule has 0 bridgehead atoms. The Kier molecular flexibility index (Phi) is 5.59. The van der Waals surface area contributed by atoms with Crippen LogP contribution in [0.25, 0.3) is 0 Å². The number of rotatable bonds is 8. The molecule has 0 radical (unpaired) electrons. The predicted molar refractivity (Wildman–Crippen MR) is 86.5 cm³/mol. The van der Waals surface area contributed by atoms with E-state index >= 15 is 0 Å². The van der Waals surface area contributed by atoms with Crippen LogP contribution in [0.4, 0.5) is 5.69 Å². The number of pyridine rings is 1. The van der Waals surface area contributed by atoms with Crippen LogP contribution in [0.2, 0.25) is 0 Å². The van der Waals surface area contributed by atoms with Gasteiger partial charge in [-0.1, -0.05) is 19.8 Å². The second-order valence-electron chi connectivity index (χ2n) is 5.84. The average molecular weight is 289 g/mol. The van der Waals surface area contributed by atoms with Crippen LogP contribution >= 0.6 is 0 Å². The summed E-state index contributed by atoms with van der Waals surface area (Å²) in [6, 6.07) is 4.33. The lowest BCUT2D eigenvalue weighted by molar-refractivity contribution is 0.0767. The van der Waals surface area contributed by atoms with E-state index in [9.17, 15) is 4.79 Å². The highest BCUT2D eigenvalue weighted by Gasteiger charge is 2.24. The molecular formula is C17H27N3O. The third-order valence-corrected chi connectivity index (χ3v) is 4.21. The lowest BCUT2D eigenvalue weighted by Crippen LogP contribution is -2.31.